The van der Waals surface area contributed by atoms with E-state index in [9.17, 15) is 34.8 Å². The average molecular weight is 465 g/mol. The van der Waals surface area contributed by atoms with Crippen molar-refractivity contribution in [2.24, 2.45) is 5.11 Å². The number of aromatic nitrogens is 2. The number of azide groups is 1. The van der Waals surface area contributed by atoms with E-state index < -0.39 is 66.3 Å². The van der Waals surface area contributed by atoms with Crippen LogP contribution in [0.3, 0.4) is 0 Å². The van der Waals surface area contributed by atoms with Crippen molar-refractivity contribution in [2.45, 2.75) is 62.4 Å². The molecule has 2 saturated heterocycles. The average Bonchev–Trinajstić information content (AvgIpc) is 3.11. The summed E-state index contributed by atoms with van der Waals surface area (Å²) < 4.78 is 17.1. The minimum atomic E-state index is -1.95. The van der Waals surface area contributed by atoms with Crippen molar-refractivity contribution in [1.29, 1.82) is 0 Å². The van der Waals surface area contributed by atoms with E-state index in [4.69, 9.17) is 19.7 Å². The Morgan fingerprint density at radius 1 is 1.34 bits per heavy atom. The summed E-state index contributed by atoms with van der Waals surface area (Å²) in [4.78, 5) is 39.6. The van der Waals surface area contributed by atoms with Gasteiger partial charge < -0.3 is 39.4 Å². The van der Waals surface area contributed by atoms with Crippen LogP contribution in [0.5, 0.6) is 0 Å². The molecule has 2 fully saturated rings. The molecule has 2 aliphatic rings. The maximum atomic E-state index is 12.1. The molecule has 3 rings (SSSR count). The SMILES string of the molecule is Cc1cn([C@H]2C[C@@H](N=[N+]=[N-])[C@H](CO[C@@H]3OC(C(=O)[O-])[C@@H](O)[C@H](O)[C@H]3O)O2)c(=O)[nH]c1=O.[Na+]. The maximum absolute atomic E-state index is 12.1. The van der Waals surface area contributed by atoms with Crippen molar-refractivity contribution >= 4 is 5.97 Å². The van der Waals surface area contributed by atoms with Gasteiger partial charge in [0.2, 0.25) is 0 Å². The van der Waals surface area contributed by atoms with Gasteiger partial charge in [0, 0.05) is 23.1 Å². The molecule has 0 spiro atoms. The minimum absolute atomic E-state index is 0. The van der Waals surface area contributed by atoms with Gasteiger partial charge in [-0.05, 0) is 12.5 Å². The number of aliphatic carboxylic acids is 1. The summed E-state index contributed by atoms with van der Waals surface area (Å²) in [5, 5.41) is 44.1. The molecule has 0 aromatic carbocycles. The second kappa shape index (κ2) is 10.9. The van der Waals surface area contributed by atoms with Gasteiger partial charge in [-0.1, -0.05) is 5.11 Å². The number of carboxylic acid groups (broad SMARTS) is 1. The van der Waals surface area contributed by atoms with Crippen LogP contribution in [0.25, 0.3) is 10.4 Å². The summed E-state index contributed by atoms with van der Waals surface area (Å²) >= 11 is 0. The van der Waals surface area contributed by atoms with Gasteiger partial charge in [-0.15, -0.1) is 0 Å². The molecule has 0 saturated carbocycles. The van der Waals surface area contributed by atoms with Crippen LogP contribution in [-0.4, -0.2) is 80.3 Å². The number of nitrogens with one attached hydrogen (secondary N) is 1. The number of hydrogen-bond donors (Lipinski definition) is 4. The Morgan fingerprint density at radius 3 is 2.66 bits per heavy atom. The number of ether oxygens (including phenoxy) is 3. The van der Waals surface area contributed by atoms with E-state index in [2.05, 4.69) is 15.0 Å². The third-order valence-electron chi connectivity index (χ3n) is 5.09. The second-order valence-electron chi connectivity index (χ2n) is 7.17. The summed E-state index contributed by atoms with van der Waals surface area (Å²) in [5.74, 6) is -1.82. The summed E-state index contributed by atoms with van der Waals surface area (Å²) in [5.41, 5.74) is 7.76. The second-order valence-corrected chi connectivity index (χ2v) is 7.17. The van der Waals surface area contributed by atoms with E-state index in [-0.39, 0.29) is 48.1 Å². The van der Waals surface area contributed by atoms with Crippen molar-refractivity contribution in [1.82, 2.24) is 9.55 Å². The number of carbonyl (C=O) groups is 1. The molecule has 32 heavy (non-hydrogen) atoms. The Bertz CT molecular complexity index is 994. The normalized spacial score (nSPS) is 34.4. The molecule has 170 valence electrons. The Morgan fingerprint density at radius 2 is 2.03 bits per heavy atom. The summed E-state index contributed by atoms with van der Waals surface area (Å²) in [6, 6.07) is -0.817. The van der Waals surface area contributed by atoms with E-state index in [1.807, 2.05) is 0 Å². The fourth-order valence-electron chi connectivity index (χ4n) is 3.39. The number of hydrogen-bond acceptors (Lipinski definition) is 11. The van der Waals surface area contributed by atoms with Crippen molar-refractivity contribution in [3.8, 4) is 0 Å². The monoisotopic (exact) mass is 465 g/mol. The number of aryl methyl sites for hydroxylation is 1. The maximum Gasteiger partial charge on any atom is 1.00 e. The zero-order valence-corrected chi connectivity index (χ0v) is 19.1. The van der Waals surface area contributed by atoms with Gasteiger partial charge >= 0.3 is 35.2 Å². The number of H-pyrrole nitrogens is 1. The number of carbonyl (C=O) groups excluding carboxylic acids is 1. The fourth-order valence-corrected chi connectivity index (χ4v) is 3.39. The van der Waals surface area contributed by atoms with E-state index in [1.54, 1.807) is 0 Å². The molecular formula is C16H20N5NaO10. The van der Waals surface area contributed by atoms with Gasteiger partial charge in [-0.2, -0.15) is 0 Å². The molecule has 1 unspecified atom stereocenters. The topological polar surface area (TPSA) is 232 Å². The predicted molar refractivity (Wildman–Crippen MR) is 95.2 cm³/mol. The molecule has 0 aliphatic carbocycles. The number of nitrogens with zero attached hydrogens (tertiary/aromatic N) is 4. The molecule has 1 aromatic rings. The Labute approximate surface area is 201 Å². The molecule has 1 aromatic heterocycles. The van der Waals surface area contributed by atoms with Crippen molar-refractivity contribution in [2.75, 3.05) is 6.61 Å². The first-order valence-electron chi connectivity index (χ1n) is 9.18. The number of aliphatic hydroxyl groups excluding tert-OH is 3. The molecule has 2 aliphatic heterocycles. The third-order valence-corrected chi connectivity index (χ3v) is 5.09. The third kappa shape index (κ3) is 5.40. The number of aliphatic hydroxyl groups is 3. The standard InChI is InChI=1S/C16H21N5O10.Na/c1-5-3-21(16(28)18-13(5)25)8-2-6(19-20-17)7(30-8)4-29-15-11(24)9(22)10(23)12(31-15)14(26)27;/h3,6-12,15,22-24H,2,4H2,1H3,(H,26,27)(H,18,25,28);/q;+1/p-1/t6-,7+,8-,9+,10+,11-,12?,15-;/m1./s1. The van der Waals surface area contributed by atoms with Crippen LogP contribution in [-0.2, 0) is 19.0 Å². The van der Waals surface area contributed by atoms with E-state index in [0.717, 1.165) is 4.57 Å². The zero-order valence-electron chi connectivity index (χ0n) is 17.1. The summed E-state index contributed by atoms with van der Waals surface area (Å²) in [6.07, 6.45) is -9.71. The van der Waals surface area contributed by atoms with Crippen LogP contribution in [0.2, 0.25) is 0 Å². The summed E-state index contributed by atoms with van der Waals surface area (Å²) in [6.45, 7) is 1.10. The largest absolute Gasteiger partial charge is 1.00 e. The van der Waals surface area contributed by atoms with Crippen molar-refractivity contribution in [3.05, 3.63) is 43.0 Å². The van der Waals surface area contributed by atoms with Gasteiger partial charge in [-0.25, -0.2) is 4.79 Å². The molecule has 0 bridgehead atoms. The molecule has 16 heteroatoms. The van der Waals surface area contributed by atoms with Crippen molar-refractivity contribution < 1.29 is 69.0 Å². The molecule has 0 amide bonds. The van der Waals surface area contributed by atoms with Gasteiger partial charge in [0.05, 0.1) is 24.7 Å². The van der Waals surface area contributed by atoms with Crippen LogP contribution in [0.1, 0.15) is 18.2 Å². The minimum Gasteiger partial charge on any atom is -0.547 e. The van der Waals surface area contributed by atoms with Gasteiger partial charge in [0.15, 0.2) is 6.29 Å². The number of aromatic amines is 1. The van der Waals surface area contributed by atoms with Crippen molar-refractivity contribution in [3.63, 3.8) is 0 Å². The first-order valence-corrected chi connectivity index (χ1v) is 9.18. The Hall–Kier alpha value is -1.78. The van der Waals surface area contributed by atoms with Gasteiger partial charge in [-0.3, -0.25) is 14.3 Å². The number of carboxylic acids is 1. The van der Waals surface area contributed by atoms with E-state index >= 15 is 0 Å². The fraction of sp³-hybridized carbons (Fsp3) is 0.688. The van der Waals surface area contributed by atoms with Crippen LogP contribution >= 0.6 is 0 Å². The van der Waals surface area contributed by atoms with Crippen LogP contribution in [0.4, 0.5) is 0 Å². The molecule has 0 radical (unpaired) electrons. The van der Waals surface area contributed by atoms with Crippen LogP contribution in [0.15, 0.2) is 20.9 Å². The molecule has 3 heterocycles. The van der Waals surface area contributed by atoms with E-state index in [0.29, 0.717) is 0 Å². The predicted octanol–water partition coefficient (Wildman–Crippen LogP) is -6.61. The van der Waals surface area contributed by atoms with Gasteiger partial charge in [0.25, 0.3) is 5.56 Å². The molecule has 8 atom stereocenters. The smallest absolute Gasteiger partial charge is 0.547 e. The zero-order chi connectivity index (χ0) is 22.9. The molecular weight excluding hydrogens is 445 g/mol. The Balaban J connectivity index is 0.00000363. The van der Waals surface area contributed by atoms with Crippen LogP contribution in [0, 0.1) is 6.92 Å². The molecule has 15 nitrogen and oxygen atoms in total. The first-order chi connectivity index (χ1) is 14.6. The van der Waals surface area contributed by atoms with E-state index in [1.165, 1.54) is 13.1 Å². The Kier molecular flexibility index (Phi) is 9.01. The van der Waals surface area contributed by atoms with Crippen LogP contribution < -0.4 is 45.9 Å². The van der Waals surface area contributed by atoms with Gasteiger partial charge in [0.1, 0.15) is 30.6 Å². The first kappa shape index (κ1) is 26.5. The summed E-state index contributed by atoms with van der Waals surface area (Å²) in [7, 11) is 0. The quantitative estimate of drug-likeness (QED) is 0.134. The number of rotatable bonds is 6. The molecule has 4 N–H and O–H groups in total.